The molecule has 1 atom stereocenters. The number of hydrogen-bond donors (Lipinski definition) is 0. The van der Waals surface area contributed by atoms with Crippen molar-refractivity contribution in [2.45, 2.75) is 6.04 Å². The van der Waals surface area contributed by atoms with Crippen molar-refractivity contribution in [2.24, 2.45) is 0 Å². The lowest BCUT2D eigenvalue weighted by atomic mass is 10.2. The van der Waals surface area contributed by atoms with Gasteiger partial charge in [-0.05, 0) is 6.07 Å². The van der Waals surface area contributed by atoms with E-state index in [-0.39, 0.29) is 11.9 Å². The number of rotatable bonds is 3. The Hall–Kier alpha value is -2.29. The fraction of sp³-hybridized carbons (Fsp3) is 0.250. The summed E-state index contributed by atoms with van der Waals surface area (Å²) in [5.74, 6) is 0.238. The summed E-state index contributed by atoms with van der Waals surface area (Å²) in [5, 5.41) is 6.89. The van der Waals surface area contributed by atoms with Gasteiger partial charge in [0.25, 0.3) is 5.91 Å². The number of thiazole rings is 1. The first-order valence-corrected chi connectivity index (χ1v) is 8.85. The number of hydrogen-bond acceptors (Lipinski definition) is 7. The van der Waals surface area contributed by atoms with Crippen LogP contribution in [-0.4, -0.2) is 45.7 Å². The number of aromatic nitrogens is 3. The van der Waals surface area contributed by atoms with Gasteiger partial charge in [-0.15, -0.1) is 11.3 Å². The van der Waals surface area contributed by atoms with Gasteiger partial charge in [-0.1, -0.05) is 35.0 Å². The van der Waals surface area contributed by atoms with Crippen LogP contribution in [0.5, 0.6) is 0 Å². The second-order valence-electron chi connectivity index (χ2n) is 5.40. The molecule has 1 aromatic carbocycles. The van der Waals surface area contributed by atoms with Crippen molar-refractivity contribution in [1.82, 2.24) is 20.0 Å². The van der Waals surface area contributed by atoms with E-state index in [0.717, 1.165) is 5.56 Å². The van der Waals surface area contributed by atoms with Gasteiger partial charge in [0.05, 0.1) is 18.2 Å². The molecule has 0 N–H and O–H groups in total. The predicted octanol–water partition coefficient (Wildman–Crippen LogP) is 3.06. The van der Waals surface area contributed by atoms with Gasteiger partial charge in [0.2, 0.25) is 6.39 Å². The van der Waals surface area contributed by atoms with E-state index >= 15 is 0 Å². The number of carbonyl (C=O) groups excluding carboxylic acids is 1. The van der Waals surface area contributed by atoms with E-state index in [4.69, 9.17) is 20.9 Å². The van der Waals surface area contributed by atoms with Crippen LogP contribution in [0.25, 0.3) is 10.6 Å². The van der Waals surface area contributed by atoms with Crippen molar-refractivity contribution >= 4 is 28.8 Å². The zero-order chi connectivity index (χ0) is 17.2. The van der Waals surface area contributed by atoms with Gasteiger partial charge >= 0.3 is 0 Å². The summed E-state index contributed by atoms with van der Waals surface area (Å²) >= 11 is 7.60. The van der Waals surface area contributed by atoms with Crippen molar-refractivity contribution in [3.05, 3.63) is 52.6 Å². The van der Waals surface area contributed by atoms with Gasteiger partial charge in [0, 0.05) is 17.5 Å². The number of carbonyl (C=O) groups is 1. The SMILES string of the molecule is O=C(c1csc(-c2ccccc2Cl)n1)N1CCOCC1c1ncon1. The molecular formula is C16H13ClN4O3S. The molecule has 1 saturated heterocycles. The van der Waals surface area contributed by atoms with E-state index in [9.17, 15) is 4.79 Å². The fourth-order valence-corrected chi connectivity index (χ4v) is 3.78. The zero-order valence-electron chi connectivity index (χ0n) is 13.0. The Kier molecular flexibility index (Phi) is 4.48. The molecule has 7 nitrogen and oxygen atoms in total. The van der Waals surface area contributed by atoms with Crippen molar-refractivity contribution in [3.63, 3.8) is 0 Å². The van der Waals surface area contributed by atoms with E-state index in [1.54, 1.807) is 16.3 Å². The van der Waals surface area contributed by atoms with Crippen molar-refractivity contribution in [1.29, 1.82) is 0 Å². The van der Waals surface area contributed by atoms with Gasteiger partial charge in [0.15, 0.2) is 5.82 Å². The Morgan fingerprint density at radius 2 is 2.24 bits per heavy atom. The molecule has 3 aromatic rings. The maximum absolute atomic E-state index is 12.9. The molecule has 0 spiro atoms. The van der Waals surface area contributed by atoms with Gasteiger partial charge in [0.1, 0.15) is 16.7 Å². The maximum atomic E-state index is 12.9. The van der Waals surface area contributed by atoms with Gasteiger partial charge in [-0.3, -0.25) is 4.79 Å². The lowest BCUT2D eigenvalue weighted by Gasteiger charge is -2.33. The number of amides is 1. The van der Waals surface area contributed by atoms with Crippen molar-refractivity contribution in [3.8, 4) is 10.6 Å². The smallest absolute Gasteiger partial charge is 0.274 e. The van der Waals surface area contributed by atoms with Gasteiger partial charge in [-0.25, -0.2) is 4.98 Å². The Morgan fingerprint density at radius 3 is 3.04 bits per heavy atom. The molecule has 0 bridgehead atoms. The molecule has 3 heterocycles. The van der Waals surface area contributed by atoms with Crippen LogP contribution in [0.1, 0.15) is 22.4 Å². The molecule has 1 unspecified atom stereocenters. The highest BCUT2D eigenvalue weighted by Gasteiger charge is 2.33. The number of benzene rings is 1. The summed E-state index contributed by atoms with van der Waals surface area (Å²) in [5.41, 5.74) is 1.18. The molecule has 0 aliphatic carbocycles. The summed E-state index contributed by atoms with van der Waals surface area (Å²) in [4.78, 5) is 23.1. The average Bonchev–Trinajstić information content (AvgIpc) is 3.34. The molecule has 2 aromatic heterocycles. The second kappa shape index (κ2) is 6.91. The average molecular weight is 377 g/mol. The number of nitrogens with zero attached hydrogens (tertiary/aromatic N) is 4. The van der Waals surface area contributed by atoms with E-state index in [2.05, 4.69) is 15.1 Å². The molecule has 1 aliphatic rings. The van der Waals surface area contributed by atoms with E-state index in [1.165, 1.54) is 17.7 Å². The van der Waals surface area contributed by atoms with Gasteiger partial charge in [-0.2, -0.15) is 4.98 Å². The first kappa shape index (κ1) is 16.2. The van der Waals surface area contributed by atoms with Crippen LogP contribution in [0.4, 0.5) is 0 Å². The summed E-state index contributed by atoms with van der Waals surface area (Å²) in [7, 11) is 0. The highest BCUT2D eigenvalue weighted by atomic mass is 35.5. The Morgan fingerprint density at radius 1 is 1.36 bits per heavy atom. The van der Waals surface area contributed by atoms with Crippen molar-refractivity contribution < 1.29 is 14.1 Å². The monoisotopic (exact) mass is 376 g/mol. The maximum Gasteiger partial charge on any atom is 0.274 e. The van der Waals surface area contributed by atoms with Crippen LogP contribution >= 0.6 is 22.9 Å². The van der Waals surface area contributed by atoms with Crippen LogP contribution in [0.15, 0.2) is 40.6 Å². The van der Waals surface area contributed by atoms with Crippen LogP contribution < -0.4 is 0 Å². The first-order chi connectivity index (χ1) is 12.2. The molecule has 0 saturated carbocycles. The van der Waals surface area contributed by atoms with Crippen LogP contribution in [-0.2, 0) is 4.74 Å². The highest BCUT2D eigenvalue weighted by Crippen LogP contribution is 2.31. The van der Waals surface area contributed by atoms with Crippen LogP contribution in [0, 0.1) is 0 Å². The molecule has 1 fully saturated rings. The van der Waals surface area contributed by atoms with Crippen LogP contribution in [0.2, 0.25) is 5.02 Å². The number of morpholine rings is 1. The lowest BCUT2D eigenvalue weighted by Crippen LogP contribution is -2.44. The zero-order valence-corrected chi connectivity index (χ0v) is 14.5. The molecule has 25 heavy (non-hydrogen) atoms. The highest BCUT2D eigenvalue weighted by molar-refractivity contribution is 7.13. The quantitative estimate of drug-likeness (QED) is 0.698. The lowest BCUT2D eigenvalue weighted by molar-refractivity contribution is -0.00602. The molecule has 1 amide bonds. The predicted molar refractivity (Wildman–Crippen MR) is 91.5 cm³/mol. The number of ether oxygens (including phenoxy) is 1. The number of halogens is 1. The Bertz CT molecular complexity index is 883. The second-order valence-corrected chi connectivity index (χ2v) is 6.66. The minimum absolute atomic E-state index is 0.187. The molecule has 128 valence electrons. The topological polar surface area (TPSA) is 81.4 Å². The fourth-order valence-electron chi connectivity index (χ4n) is 2.66. The third-order valence-corrected chi connectivity index (χ3v) is 5.10. The summed E-state index contributed by atoms with van der Waals surface area (Å²) < 4.78 is 10.3. The van der Waals surface area contributed by atoms with E-state index in [0.29, 0.717) is 41.3 Å². The molecule has 4 rings (SSSR count). The standard InChI is InChI=1S/C16H13ClN4O3S/c17-11-4-2-1-3-10(11)15-19-12(8-25-15)16(22)21-5-6-23-7-13(21)14-18-9-24-20-14/h1-4,8-9,13H,5-7H2. The summed E-state index contributed by atoms with van der Waals surface area (Å²) in [6.45, 7) is 1.23. The van der Waals surface area contributed by atoms with E-state index < -0.39 is 0 Å². The van der Waals surface area contributed by atoms with E-state index in [1.807, 2.05) is 18.2 Å². The summed E-state index contributed by atoms with van der Waals surface area (Å²) in [6, 6.07) is 7.04. The van der Waals surface area contributed by atoms with Crippen molar-refractivity contribution in [2.75, 3.05) is 19.8 Å². The minimum Gasteiger partial charge on any atom is -0.377 e. The molecular weight excluding hydrogens is 364 g/mol. The largest absolute Gasteiger partial charge is 0.377 e. The summed E-state index contributed by atoms with van der Waals surface area (Å²) in [6.07, 6.45) is 1.24. The Balaban J connectivity index is 1.61. The molecule has 1 aliphatic heterocycles. The van der Waals surface area contributed by atoms with Crippen LogP contribution in [0.3, 0.4) is 0 Å². The normalized spacial score (nSPS) is 17.6. The van der Waals surface area contributed by atoms with Gasteiger partial charge < -0.3 is 14.2 Å². The third kappa shape index (κ3) is 3.15. The molecule has 9 heteroatoms. The first-order valence-electron chi connectivity index (χ1n) is 7.59. The minimum atomic E-state index is -0.384. The third-order valence-electron chi connectivity index (χ3n) is 3.89. The Labute approximate surface area is 152 Å². The molecule has 0 radical (unpaired) electrons.